The maximum Gasteiger partial charge on any atom is 0.191 e. The fourth-order valence-electron chi connectivity index (χ4n) is 2.72. The first kappa shape index (κ1) is 23.4. The van der Waals surface area contributed by atoms with Crippen molar-refractivity contribution in [2.45, 2.75) is 38.7 Å². The number of aromatic nitrogens is 2. The summed E-state index contributed by atoms with van der Waals surface area (Å²) in [6.07, 6.45) is 4.50. The zero-order chi connectivity index (χ0) is 19.0. The molecule has 0 aliphatic heterocycles. The molecule has 0 aliphatic carbocycles. The van der Waals surface area contributed by atoms with E-state index in [9.17, 15) is 5.11 Å². The van der Waals surface area contributed by atoms with E-state index in [1.165, 1.54) is 5.56 Å². The first-order valence-electron chi connectivity index (χ1n) is 9.21. The monoisotopic (exact) mass is 485 g/mol. The molecule has 2 rings (SSSR count). The first-order valence-corrected chi connectivity index (χ1v) is 9.21. The molecule has 0 radical (unpaired) electrons. The third-order valence-corrected chi connectivity index (χ3v) is 4.45. The van der Waals surface area contributed by atoms with Gasteiger partial charge in [0.2, 0.25) is 0 Å². The Hall–Kier alpha value is -1.61. The van der Waals surface area contributed by atoms with Gasteiger partial charge in [0, 0.05) is 31.9 Å². The SMILES string of the molecule is CCNC(=NCC(C)(O)c1cnn(C)c1)NCCC(C)c1ccccc1.I. The highest BCUT2D eigenvalue weighted by atomic mass is 127. The minimum Gasteiger partial charge on any atom is -0.383 e. The van der Waals surface area contributed by atoms with Crippen LogP contribution >= 0.6 is 24.0 Å². The molecule has 3 N–H and O–H groups in total. The second-order valence-corrected chi connectivity index (χ2v) is 6.90. The molecule has 0 aliphatic rings. The van der Waals surface area contributed by atoms with Gasteiger partial charge >= 0.3 is 0 Å². The average Bonchev–Trinajstić information content (AvgIpc) is 3.08. The molecule has 0 saturated heterocycles. The van der Waals surface area contributed by atoms with E-state index in [4.69, 9.17) is 0 Å². The summed E-state index contributed by atoms with van der Waals surface area (Å²) in [4.78, 5) is 4.55. The topological polar surface area (TPSA) is 74.5 Å². The fraction of sp³-hybridized carbons (Fsp3) is 0.500. The van der Waals surface area contributed by atoms with Gasteiger partial charge in [-0.05, 0) is 31.7 Å². The molecule has 2 atom stereocenters. The fourth-order valence-corrected chi connectivity index (χ4v) is 2.72. The van der Waals surface area contributed by atoms with Gasteiger partial charge in [-0.1, -0.05) is 37.3 Å². The number of aliphatic imine (C=N–C) groups is 1. The number of benzene rings is 1. The lowest BCUT2D eigenvalue weighted by atomic mass is 9.98. The van der Waals surface area contributed by atoms with Crippen LogP contribution in [-0.4, -0.2) is 40.5 Å². The van der Waals surface area contributed by atoms with Gasteiger partial charge in [-0.15, -0.1) is 24.0 Å². The number of guanidine groups is 1. The summed E-state index contributed by atoms with van der Waals surface area (Å²) in [6, 6.07) is 10.5. The van der Waals surface area contributed by atoms with Crippen LogP contribution in [0.3, 0.4) is 0 Å². The van der Waals surface area contributed by atoms with E-state index in [1.54, 1.807) is 17.8 Å². The van der Waals surface area contributed by atoms with Crippen molar-refractivity contribution in [1.29, 1.82) is 0 Å². The lowest BCUT2D eigenvalue weighted by Gasteiger charge is -2.21. The van der Waals surface area contributed by atoms with Gasteiger partial charge in [-0.3, -0.25) is 4.68 Å². The molecule has 1 aromatic carbocycles. The van der Waals surface area contributed by atoms with Crippen molar-refractivity contribution in [2.24, 2.45) is 12.0 Å². The van der Waals surface area contributed by atoms with Crippen molar-refractivity contribution in [2.75, 3.05) is 19.6 Å². The van der Waals surface area contributed by atoms with Crippen molar-refractivity contribution in [1.82, 2.24) is 20.4 Å². The third-order valence-electron chi connectivity index (χ3n) is 4.45. The minimum atomic E-state index is -1.05. The predicted octanol–water partition coefficient (Wildman–Crippen LogP) is 2.99. The summed E-state index contributed by atoms with van der Waals surface area (Å²) in [5.74, 6) is 1.20. The van der Waals surface area contributed by atoms with Crippen LogP contribution < -0.4 is 10.6 Å². The number of hydrogen-bond donors (Lipinski definition) is 3. The molecule has 1 aromatic heterocycles. The highest BCUT2D eigenvalue weighted by Crippen LogP contribution is 2.20. The summed E-state index contributed by atoms with van der Waals surface area (Å²) in [7, 11) is 1.84. The molecule has 7 heteroatoms. The Labute approximate surface area is 179 Å². The predicted molar refractivity (Wildman–Crippen MR) is 122 cm³/mol. The Morgan fingerprint density at radius 3 is 2.59 bits per heavy atom. The van der Waals surface area contributed by atoms with Crippen LogP contribution in [0.25, 0.3) is 0 Å². The summed E-state index contributed by atoms with van der Waals surface area (Å²) in [5, 5.41) is 21.4. The summed E-state index contributed by atoms with van der Waals surface area (Å²) in [6.45, 7) is 7.88. The number of hydrogen-bond acceptors (Lipinski definition) is 3. The molecule has 0 fully saturated rings. The van der Waals surface area contributed by atoms with Gasteiger partial charge in [-0.25, -0.2) is 4.99 Å². The standard InChI is InChI=1S/C20H31N5O.HI/c1-5-21-19(22-12-11-16(2)17-9-7-6-8-10-17)23-15-20(3,26)18-13-24-25(4)14-18;/h6-10,13-14,16,26H,5,11-12,15H2,1-4H3,(H2,21,22,23);1H. The normalized spacial score (nSPS) is 14.8. The Kier molecular flexibility index (Phi) is 9.79. The molecular weight excluding hydrogens is 453 g/mol. The largest absolute Gasteiger partial charge is 0.383 e. The van der Waals surface area contributed by atoms with Crippen LogP contribution in [0.5, 0.6) is 0 Å². The molecule has 0 amide bonds. The first-order chi connectivity index (χ1) is 12.4. The Bertz CT molecular complexity index is 699. The van der Waals surface area contributed by atoms with Crippen molar-refractivity contribution in [3.8, 4) is 0 Å². The number of rotatable bonds is 8. The number of aryl methyl sites for hydroxylation is 1. The van der Waals surface area contributed by atoms with Gasteiger partial charge in [0.1, 0.15) is 5.60 Å². The molecule has 150 valence electrons. The second-order valence-electron chi connectivity index (χ2n) is 6.90. The zero-order valence-electron chi connectivity index (χ0n) is 16.6. The number of nitrogens with zero attached hydrogens (tertiary/aromatic N) is 3. The lowest BCUT2D eigenvalue weighted by Crippen LogP contribution is -2.39. The van der Waals surface area contributed by atoms with Crippen LogP contribution in [0.1, 0.15) is 44.2 Å². The highest BCUT2D eigenvalue weighted by molar-refractivity contribution is 14.0. The van der Waals surface area contributed by atoms with Crippen molar-refractivity contribution >= 4 is 29.9 Å². The Balaban J connectivity index is 0.00000364. The molecule has 2 aromatic rings. The summed E-state index contributed by atoms with van der Waals surface area (Å²) < 4.78 is 1.68. The van der Waals surface area contributed by atoms with Crippen molar-refractivity contribution in [3.63, 3.8) is 0 Å². The Morgan fingerprint density at radius 1 is 1.30 bits per heavy atom. The van der Waals surface area contributed by atoms with Gasteiger partial charge in [0.15, 0.2) is 5.96 Å². The van der Waals surface area contributed by atoms with Gasteiger partial charge < -0.3 is 15.7 Å². The van der Waals surface area contributed by atoms with Crippen LogP contribution in [0.2, 0.25) is 0 Å². The van der Waals surface area contributed by atoms with E-state index in [2.05, 4.69) is 51.9 Å². The Morgan fingerprint density at radius 2 is 2.00 bits per heavy atom. The molecule has 0 bridgehead atoms. The third kappa shape index (κ3) is 7.50. The maximum atomic E-state index is 10.7. The zero-order valence-corrected chi connectivity index (χ0v) is 19.0. The molecule has 27 heavy (non-hydrogen) atoms. The molecular formula is C20H32IN5O. The van der Waals surface area contributed by atoms with E-state index in [0.29, 0.717) is 5.92 Å². The summed E-state index contributed by atoms with van der Waals surface area (Å²) >= 11 is 0. The van der Waals surface area contributed by atoms with E-state index >= 15 is 0 Å². The lowest BCUT2D eigenvalue weighted by molar-refractivity contribution is 0.0672. The molecule has 0 saturated carbocycles. The highest BCUT2D eigenvalue weighted by Gasteiger charge is 2.24. The quantitative estimate of drug-likeness (QED) is 0.306. The van der Waals surface area contributed by atoms with Gasteiger partial charge in [0.05, 0.1) is 12.7 Å². The minimum absolute atomic E-state index is 0. The number of halogens is 1. The molecule has 1 heterocycles. The van der Waals surface area contributed by atoms with Gasteiger partial charge in [-0.2, -0.15) is 5.10 Å². The van der Waals surface area contributed by atoms with Crippen LogP contribution in [0, 0.1) is 0 Å². The average molecular weight is 485 g/mol. The van der Waals surface area contributed by atoms with Crippen LogP contribution in [0.4, 0.5) is 0 Å². The van der Waals surface area contributed by atoms with E-state index in [-0.39, 0.29) is 30.5 Å². The second kappa shape index (κ2) is 11.3. The maximum absolute atomic E-state index is 10.7. The van der Waals surface area contributed by atoms with E-state index in [0.717, 1.165) is 31.0 Å². The number of nitrogens with one attached hydrogen (secondary N) is 2. The van der Waals surface area contributed by atoms with Gasteiger partial charge in [0.25, 0.3) is 0 Å². The summed E-state index contributed by atoms with van der Waals surface area (Å²) in [5.41, 5.74) is 1.06. The van der Waals surface area contributed by atoms with Crippen molar-refractivity contribution in [3.05, 3.63) is 53.9 Å². The number of aliphatic hydroxyl groups is 1. The molecule has 2 unspecified atom stereocenters. The van der Waals surface area contributed by atoms with Crippen molar-refractivity contribution < 1.29 is 5.11 Å². The van der Waals surface area contributed by atoms with E-state index in [1.807, 2.05) is 26.2 Å². The van der Waals surface area contributed by atoms with Crippen LogP contribution in [-0.2, 0) is 12.6 Å². The molecule has 6 nitrogen and oxygen atoms in total. The smallest absolute Gasteiger partial charge is 0.191 e. The van der Waals surface area contributed by atoms with E-state index < -0.39 is 5.60 Å². The van der Waals surface area contributed by atoms with Crippen LogP contribution in [0.15, 0.2) is 47.7 Å². The molecule has 0 spiro atoms.